The van der Waals surface area contributed by atoms with Crippen LogP contribution >= 0.6 is 0 Å². The molecule has 1 aliphatic carbocycles. The molecule has 0 heterocycles. The topological polar surface area (TPSA) is 81.4 Å². The van der Waals surface area contributed by atoms with Gasteiger partial charge in [0.05, 0.1) is 0 Å². The van der Waals surface area contributed by atoms with Crippen LogP contribution in [0.1, 0.15) is 25.7 Å². The van der Waals surface area contributed by atoms with Crippen LogP contribution in [0.4, 0.5) is 4.79 Å². The van der Waals surface area contributed by atoms with Gasteiger partial charge in [-0.25, -0.2) is 10.6 Å². The van der Waals surface area contributed by atoms with Gasteiger partial charge in [-0.05, 0) is 18.8 Å². The number of hydrogen-bond acceptors (Lipinski definition) is 4. The molecule has 1 rings (SSSR count). The first-order chi connectivity index (χ1) is 6.27. The highest BCUT2D eigenvalue weighted by Gasteiger charge is 2.29. The number of nitrogens with one attached hydrogen (secondary N) is 1. The molecule has 1 saturated carbocycles. The number of aldehydes is 1. The minimum Gasteiger partial charge on any atom is -0.445 e. The highest BCUT2D eigenvalue weighted by Crippen LogP contribution is 2.32. The summed E-state index contributed by atoms with van der Waals surface area (Å²) in [5.41, 5.74) is 1.88. The zero-order valence-electron chi connectivity index (χ0n) is 7.36. The minimum absolute atomic E-state index is 0.262. The van der Waals surface area contributed by atoms with E-state index in [-0.39, 0.29) is 12.5 Å². The van der Waals surface area contributed by atoms with Crippen LogP contribution in [-0.4, -0.2) is 18.5 Å². The quantitative estimate of drug-likeness (QED) is 0.287. The maximum absolute atomic E-state index is 10.8. The molecule has 5 nitrogen and oxygen atoms in total. The number of hydrazine groups is 1. The molecule has 0 aliphatic heterocycles. The molecular weight excluding hydrogens is 172 g/mol. The first-order valence-electron chi connectivity index (χ1n) is 4.38. The maximum Gasteiger partial charge on any atom is 0.421 e. The summed E-state index contributed by atoms with van der Waals surface area (Å²) in [5, 5.41) is 0. The van der Waals surface area contributed by atoms with E-state index in [0.717, 1.165) is 25.5 Å². The maximum atomic E-state index is 10.8. The number of rotatable bonds is 4. The fourth-order valence-corrected chi connectivity index (χ4v) is 1.41. The molecular formula is C8H14N2O3. The molecule has 0 aromatic heterocycles. The minimum atomic E-state index is -0.668. The van der Waals surface area contributed by atoms with Crippen LogP contribution in [-0.2, 0) is 9.53 Å². The number of ether oxygens (including phenoxy) is 1. The highest BCUT2D eigenvalue weighted by atomic mass is 16.6. The molecule has 0 aromatic carbocycles. The van der Waals surface area contributed by atoms with Crippen molar-refractivity contribution in [3.05, 3.63) is 0 Å². The Hall–Kier alpha value is -1.10. The first kappa shape index (κ1) is 9.98. The van der Waals surface area contributed by atoms with E-state index >= 15 is 0 Å². The lowest BCUT2D eigenvalue weighted by molar-refractivity contribution is -0.110. The highest BCUT2D eigenvalue weighted by molar-refractivity contribution is 5.67. The van der Waals surface area contributed by atoms with Gasteiger partial charge in [0.1, 0.15) is 12.4 Å². The van der Waals surface area contributed by atoms with Crippen molar-refractivity contribution in [2.24, 2.45) is 11.8 Å². The average Bonchev–Trinajstić information content (AvgIpc) is 2.01. The standard InChI is InChI=1S/C8H14N2O3/c9-10-8(12)13-7(4-5-11)6-2-1-3-6/h5-7H,1-4,9H2,(H,10,12). The SMILES string of the molecule is NNC(=O)OC(CC=O)C1CCC1. The van der Waals surface area contributed by atoms with E-state index in [2.05, 4.69) is 0 Å². The van der Waals surface area contributed by atoms with Crippen LogP contribution < -0.4 is 11.3 Å². The molecule has 13 heavy (non-hydrogen) atoms. The van der Waals surface area contributed by atoms with Crippen LogP contribution in [0, 0.1) is 5.92 Å². The summed E-state index contributed by atoms with van der Waals surface area (Å²) < 4.78 is 4.94. The molecule has 1 unspecified atom stereocenters. The Morgan fingerprint density at radius 3 is 2.77 bits per heavy atom. The lowest BCUT2D eigenvalue weighted by Crippen LogP contribution is -2.38. The van der Waals surface area contributed by atoms with E-state index in [4.69, 9.17) is 10.6 Å². The summed E-state index contributed by atoms with van der Waals surface area (Å²) in [5.74, 6) is 5.20. The molecule has 0 aromatic rings. The summed E-state index contributed by atoms with van der Waals surface area (Å²) in [6.45, 7) is 0. The second kappa shape index (κ2) is 4.81. The predicted octanol–water partition coefficient (Wildman–Crippen LogP) is 0.344. The number of carbonyl (C=O) groups is 2. The summed E-state index contributed by atoms with van der Waals surface area (Å²) in [7, 11) is 0. The molecule has 1 aliphatic rings. The summed E-state index contributed by atoms with van der Waals surface area (Å²) >= 11 is 0. The van der Waals surface area contributed by atoms with Gasteiger partial charge in [-0.3, -0.25) is 5.43 Å². The van der Waals surface area contributed by atoms with E-state index in [1.54, 1.807) is 0 Å². The third-order valence-electron chi connectivity index (χ3n) is 2.38. The van der Waals surface area contributed by atoms with Crippen molar-refractivity contribution in [2.75, 3.05) is 0 Å². The van der Waals surface area contributed by atoms with E-state index in [0.29, 0.717) is 5.92 Å². The van der Waals surface area contributed by atoms with Crippen LogP contribution in [0.25, 0.3) is 0 Å². The molecule has 5 heteroatoms. The van der Waals surface area contributed by atoms with Gasteiger partial charge in [-0.1, -0.05) is 6.42 Å². The van der Waals surface area contributed by atoms with E-state index in [1.165, 1.54) is 0 Å². The van der Waals surface area contributed by atoms with Gasteiger partial charge < -0.3 is 9.53 Å². The zero-order valence-corrected chi connectivity index (χ0v) is 7.36. The molecule has 1 atom stereocenters. The zero-order chi connectivity index (χ0) is 9.68. The summed E-state index contributed by atoms with van der Waals surface area (Å²) in [4.78, 5) is 21.1. The Morgan fingerprint density at radius 2 is 2.38 bits per heavy atom. The van der Waals surface area contributed by atoms with Gasteiger partial charge in [0.2, 0.25) is 0 Å². The number of carbonyl (C=O) groups excluding carboxylic acids is 2. The largest absolute Gasteiger partial charge is 0.445 e. The molecule has 0 radical (unpaired) electrons. The van der Waals surface area contributed by atoms with Crippen molar-refractivity contribution in [2.45, 2.75) is 31.8 Å². The van der Waals surface area contributed by atoms with Crippen LogP contribution in [0.5, 0.6) is 0 Å². The molecule has 74 valence electrons. The van der Waals surface area contributed by atoms with Crippen molar-refractivity contribution in [3.63, 3.8) is 0 Å². The fraction of sp³-hybridized carbons (Fsp3) is 0.750. The molecule has 0 spiro atoms. The third kappa shape index (κ3) is 2.69. The number of hydrogen-bond donors (Lipinski definition) is 2. The van der Waals surface area contributed by atoms with Crippen LogP contribution in [0.15, 0.2) is 0 Å². The molecule has 1 fully saturated rings. The molecule has 1 amide bonds. The van der Waals surface area contributed by atoms with Gasteiger partial charge in [0.25, 0.3) is 0 Å². The smallest absolute Gasteiger partial charge is 0.421 e. The monoisotopic (exact) mass is 186 g/mol. The molecule has 3 N–H and O–H groups in total. The normalized spacial score (nSPS) is 18.5. The van der Waals surface area contributed by atoms with Gasteiger partial charge in [0.15, 0.2) is 0 Å². The second-order valence-corrected chi connectivity index (χ2v) is 3.18. The van der Waals surface area contributed by atoms with E-state index in [1.807, 2.05) is 5.43 Å². The Balaban J connectivity index is 2.36. The van der Waals surface area contributed by atoms with Crippen molar-refractivity contribution in [1.29, 1.82) is 0 Å². The summed E-state index contributed by atoms with van der Waals surface area (Å²) in [6.07, 6.45) is 3.26. The second-order valence-electron chi connectivity index (χ2n) is 3.18. The van der Waals surface area contributed by atoms with Gasteiger partial charge >= 0.3 is 6.09 Å². The van der Waals surface area contributed by atoms with Gasteiger partial charge in [-0.2, -0.15) is 0 Å². The van der Waals surface area contributed by atoms with Crippen LogP contribution in [0.2, 0.25) is 0 Å². The average molecular weight is 186 g/mol. The fourth-order valence-electron chi connectivity index (χ4n) is 1.41. The van der Waals surface area contributed by atoms with E-state index < -0.39 is 6.09 Å². The van der Waals surface area contributed by atoms with Crippen molar-refractivity contribution in [1.82, 2.24) is 5.43 Å². The van der Waals surface area contributed by atoms with Gasteiger partial charge in [-0.15, -0.1) is 0 Å². The molecule has 0 bridgehead atoms. The Labute approximate surface area is 76.6 Å². The Kier molecular flexibility index (Phi) is 3.70. The Bertz CT molecular complexity index is 192. The lowest BCUT2D eigenvalue weighted by atomic mass is 9.80. The lowest BCUT2D eigenvalue weighted by Gasteiger charge is -2.31. The van der Waals surface area contributed by atoms with Crippen molar-refractivity contribution in [3.8, 4) is 0 Å². The number of nitrogens with two attached hydrogens (primary N) is 1. The number of amides is 1. The summed E-state index contributed by atoms with van der Waals surface area (Å²) in [6, 6.07) is 0. The third-order valence-corrected chi connectivity index (χ3v) is 2.38. The molecule has 0 saturated heterocycles. The Morgan fingerprint density at radius 1 is 1.69 bits per heavy atom. The van der Waals surface area contributed by atoms with Crippen molar-refractivity contribution < 1.29 is 14.3 Å². The van der Waals surface area contributed by atoms with Gasteiger partial charge in [0, 0.05) is 6.42 Å². The van der Waals surface area contributed by atoms with E-state index in [9.17, 15) is 9.59 Å². The van der Waals surface area contributed by atoms with Crippen LogP contribution in [0.3, 0.4) is 0 Å². The van der Waals surface area contributed by atoms with Crippen molar-refractivity contribution >= 4 is 12.4 Å². The predicted molar refractivity (Wildman–Crippen MR) is 45.6 cm³/mol. The first-order valence-corrected chi connectivity index (χ1v) is 4.38.